The van der Waals surface area contributed by atoms with E-state index in [0.29, 0.717) is 25.9 Å². The third kappa shape index (κ3) is 3.39. The molecule has 1 atom stereocenters. The fourth-order valence-electron chi connectivity index (χ4n) is 3.47. The zero-order chi connectivity index (χ0) is 16.6. The Bertz CT molecular complexity index is 415. The average molecular weight is 314 g/mol. The number of aliphatic hydroxyl groups excluding tert-OH is 1. The average Bonchev–Trinajstić information content (AvgIpc) is 2.49. The summed E-state index contributed by atoms with van der Waals surface area (Å²) in [6.07, 6.45) is 1.83. The molecule has 2 heterocycles. The molecule has 0 aliphatic carbocycles. The molecule has 2 aliphatic rings. The van der Waals surface area contributed by atoms with E-state index >= 15 is 0 Å². The van der Waals surface area contributed by atoms with Crippen LogP contribution in [0.4, 0.5) is 4.79 Å². The molecule has 2 saturated heterocycles. The Labute approximate surface area is 133 Å². The Kier molecular flexibility index (Phi) is 4.76. The summed E-state index contributed by atoms with van der Waals surface area (Å²) in [5.74, 6) is 0. The zero-order valence-corrected chi connectivity index (χ0v) is 14.3. The van der Waals surface area contributed by atoms with Crippen LogP contribution in [0.2, 0.25) is 0 Å². The maximum atomic E-state index is 12.1. The summed E-state index contributed by atoms with van der Waals surface area (Å²) in [6.45, 7) is 7.88. The van der Waals surface area contributed by atoms with Gasteiger partial charge in [0.05, 0.1) is 17.6 Å². The van der Waals surface area contributed by atoms with Crippen molar-refractivity contribution in [2.24, 2.45) is 5.41 Å². The molecule has 0 spiro atoms. The first-order valence-corrected chi connectivity index (χ1v) is 8.11. The number of carbonyl (C=O) groups excluding carboxylic acids is 1. The monoisotopic (exact) mass is 314 g/mol. The summed E-state index contributed by atoms with van der Waals surface area (Å²) >= 11 is 0. The van der Waals surface area contributed by atoms with Gasteiger partial charge in [-0.3, -0.25) is 0 Å². The molecular formula is C16H30N2O4. The number of aliphatic hydroxyl groups is 2. The fraction of sp³-hybridized carbons (Fsp3) is 0.938. The molecular weight excluding hydrogens is 284 g/mol. The standard InChI is InChI=1S/C16H30N2O4/c1-14(2,3)22-13(20)18-10-15(11-18,12-19)16(21)6-5-8-17(4)9-7-16/h19,21H,5-12H2,1-4H3. The topological polar surface area (TPSA) is 73.2 Å². The minimum atomic E-state index is -0.912. The van der Waals surface area contributed by atoms with Crippen molar-refractivity contribution in [2.45, 2.75) is 51.2 Å². The molecule has 0 radical (unpaired) electrons. The Morgan fingerprint density at radius 3 is 2.41 bits per heavy atom. The number of rotatable bonds is 2. The number of likely N-dealkylation sites (tertiary alicyclic amines) is 2. The molecule has 2 N–H and O–H groups in total. The van der Waals surface area contributed by atoms with Crippen LogP contribution in [-0.2, 0) is 4.74 Å². The molecule has 2 fully saturated rings. The van der Waals surface area contributed by atoms with Crippen LogP contribution >= 0.6 is 0 Å². The first-order valence-electron chi connectivity index (χ1n) is 8.11. The van der Waals surface area contributed by atoms with Crippen molar-refractivity contribution in [3.05, 3.63) is 0 Å². The fourth-order valence-corrected chi connectivity index (χ4v) is 3.47. The van der Waals surface area contributed by atoms with E-state index in [2.05, 4.69) is 4.90 Å². The highest BCUT2D eigenvalue weighted by Crippen LogP contribution is 2.46. The number of carbonyl (C=O) groups is 1. The van der Waals surface area contributed by atoms with Crippen LogP contribution in [0.5, 0.6) is 0 Å². The van der Waals surface area contributed by atoms with Gasteiger partial charge in [0.15, 0.2) is 0 Å². The lowest BCUT2D eigenvalue weighted by molar-refractivity contribution is -0.182. The second kappa shape index (κ2) is 5.98. The van der Waals surface area contributed by atoms with Crippen LogP contribution in [0.25, 0.3) is 0 Å². The molecule has 0 bridgehead atoms. The van der Waals surface area contributed by atoms with Gasteiger partial charge in [-0.05, 0) is 53.6 Å². The van der Waals surface area contributed by atoms with Crippen molar-refractivity contribution in [2.75, 3.05) is 39.8 Å². The van der Waals surface area contributed by atoms with Crippen molar-refractivity contribution in [3.8, 4) is 0 Å². The normalized spacial score (nSPS) is 29.6. The van der Waals surface area contributed by atoms with Gasteiger partial charge in [-0.2, -0.15) is 0 Å². The lowest BCUT2D eigenvalue weighted by Gasteiger charge is -2.57. The van der Waals surface area contributed by atoms with E-state index in [4.69, 9.17) is 4.74 Å². The summed E-state index contributed by atoms with van der Waals surface area (Å²) < 4.78 is 5.36. The maximum Gasteiger partial charge on any atom is 0.410 e. The van der Waals surface area contributed by atoms with Gasteiger partial charge in [0.2, 0.25) is 0 Å². The number of ether oxygens (including phenoxy) is 1. The van der Waals surface area contributed by atoms with Crippen molar-refractivity contribution in [1.29, 1.82) is 0 Å². The van der Waals surface area contributed by atoms with Gasteiger partial charge in [-0.25, -0.2) is 4.79 Å². The largest absolute Gasteiger partial charge is 0.444 e. The van der Waals surface area contributed by atoms with Crippen LogP contribution in [0.1, 0.15) is 40.0 Å². The summed E-state index contributed by atoms with van der Waals surface area (Å²) in [5.41, 5.74) is -2.06. The van der Waals surface area contributed by atoms with Crippen molar-refractivity contribution >= 4 is 6.09 Å². The van der Waals surface area contributed by atoms with Gasteiger partial charge in [0.1, 0.15) is 5.60 Å². The minimum Gasteiger partial charge on any atom is -0.444 e. The molecule has 6 nitrogen and oxygen atoms in total. The molecule has 0 aromatic carbocycles. The quantitative estimate of drug-likeness (QED) is 0.797. The molecule has 2 rings (SSSR count). The summed E-state index contributed by atoms with van der Waals surface area (Å²) in [4.78, 5) is 15.9. The van der Waals surface area contributed by atoms with E-state index in [1.165, 1.54) is 0 Å². The first-order chi connectivity index (χ1) is 10.1. The summed E-state index contributed by atoms with van der Waals surface area (Å²) in [6, 6.07) is 0. The van der Waals surface area contributed by atoms with E-state index in [1.54, 1.807) is 4.90 Å². The minimum absolute atomic E-state index is 0.105. The number of hydrogen-bond acceptors (Lipinski definition) is 5. The van der Waals surface area contributed by atoms with Gasteiger partial charge >= 0.3 is 6.09 Å². The Morgan fingerprint density at radius 2 is 1.86 bits per heavy atom. The van der Waals surface area contributed by atoms with E-state index in [-0.39, 0.29) is 12.7 Å². The van der Waals surface area contributed by atoms with Crippen LogP contribution in [0, 0.1) is 5.41 Å². The second-order valence-electron chi connectivity index (χ2n) is 7.96. The molecule has 1 amide bonds. The van der Waals surface area contributed by atoms with Crippen LogP contribution in [0.15, 0.2) is 0 Å². The SMILES string of the molecule is CN1CCCC(O)(C2(CO)CN(C(=O)OC(C)(C)C)C2)CC1. The lowest BCUT2D eigenvalue weighted by atomic mass is 9.64. The van der Waals surface area contributed by atoms with Crippen LogP contribution in [0.3, 0.4) is 0 Å². The van der Waals surface area contributed by atoms with Crippen molar-refractivity contribution < 1.29 is 19.7 Å². The molecule has 2 aliphatic heterocycles. The number of nitrogens with zero attached hydrogens (tertiary/aromatic N) is 2. The van der Waals surface area contributed by atoms with E-state index in [1.807, 2.05) is 27.8 Å². The summed E-state index contributed by atoms with van der Waals surface area (Å²) in [7, 11) is 2.05. The molecule has 0 saturated carbocycles. The highest BCUT2D eigenvalue weighted by Gasteiger charge is 2.58. The smallest absolute Gasteiger partial charge is 0.410 e. The highest BCUT2D eigenvalue weighted by atomic mass is 16.6. The predicted molar refractivity (Wildman–Crippen MR) is 83.6 cm³/mol. The highest BCUT2D eigenvalue weighted by molar-refractivity contribution is 5.69. The zero-order valence-electron chi connectivity index (χ0n) is 14.3. The Hall–Kier alpha value is -0.850. The lowest BCUT2D eigenvalue weighted by Crippen LogP contribution is -2.70. The Balaban J connectivity index is 2.02. The van der Waals surface area contributed by atoms with E-state index in [0.717, 1.165) is 19.5 Å². The predicted octanol–water partition coefficient (Wildman–Crippen LogP) is 1.06. The van der Waals surface area contributed by atoms with Gasteiger partial charge in [0.25, 0.3) is 0 Å². The molecule has 6 heteroatoms. The molecule has 1 unspecified atom stereocenters. The molecule has 128 valence electrons. The van der Waals surface area contributed by atoms with E-state index in [9.17, 15) is 15.0 Å². The molecule has 0 aromatic heterocycles. The van der Waals surface area contributed by atoms with Gasteiger partial charge in [-0.15, -0.1) is 0 Å². The van der Waals surface area contributed by atoms with Gasteiger partial charge in [0, 0.05) is 19.6 Å². The number of amides is 1. The molecule has 22 heavy (non-hydrogen) atoms. The van der Waals surface area contributed by atoms with Crippen molar-refractivity contribution in [1.82, 2.24) is 9.80 Å². The Morgan fingerprint density at radius 1 is 1.23 bits per heavy atom. The van der Waals surface area contributed by atoms with Gasteiger partial charge in [-0.1, -0.05) is 0 Å². The second-order valence-corrected chi connectivity index (χ2v) is 7.96. The van der Waals surface area contributed by atoms with E-state index < -0.39 is 16.6 Å². The number of hydrogen-bond donors (Lipinski definition) is 2. The summed E-state index contributed by atoms with van der Waals surface area (Å²) in [5, 5.41) is 21.0. The van der Waals surface area contributed by atoms with Gasteiger partial charge < -0.3 is 24.7 Å². The third-order valence-electron chi connectivity index (χ3n) is 4.97. The molecule has 0 aromatic rings. The van der Waals surface area contributed by atoms with Crippen LogP contribution < -0.4 is 0 Å². The third-order valence-corrected chi connectivity index (χ3v) is 4.97. The maximum absolute atomic E-state index is 12.1. The van der Waals surface area contributed by atoms with Crippen molar-refractivity contribution in [3.63, 3.8) is 0 Å². The van der Waals surface area contributed by atoms with Crippen LogP contribution in [-0.4, -0.2) is 77.1 Å². The first kappa shape index (κ1) is 17.5.